The van der Waals surface area contributed by atoms with Crippen molar-refractivity contribution in [1.29, 1.82) is 0 Å². The zero-order valence-corrected chi connectivity index (χ0v) is 12.5. The molecule has 1 aromatic rings. The number of piperidine rings is 1. The molecule has 0 unspecified atom stereocenters. The molecule has 0 radical (unpaired) electrons. The van der Waals surface area contributed by atoms with Gasteiger partial charge in [-0.3, -0.25) is 0 Å². The number of rotatable bonds is 2. The third-order valence-corrected chi connectivity index (χ3v) is 4.91. The lowest BCUT2D eigenvalue weighted by Gasteiger charge is -2.38. The third kappa shape index (κ3) is 2.82. The Balaban J connectivity index is 1.55. The molecule has 110 valence electrons. The first-order valence-corrected chi connectivity index (χ1v) is 7.90. The summed E-state index contributed by atoms with van der Waals surface area (Å²) in [5, 5.41) is 5.04. The van der Waals surface area contributed by atoms with E-state index in [0.717, 1.165) is 19.4 Å². The van der Waals surface area contributed by atoms with Gasteiger partial charge in [-0.25, -0.2) is 4.79 Å². The maximum Gasteiger partial charge on any atom is 0.317 e. The fourth-order valence-corrected chi connectivity index (χ4v) is 3.59. The van der Waals surface area contributed by atoms with E-state index in [1.54, 1.807) is 16.2 Å². The Bertz CT molecular complexity index is 483. The number of hydrogen-bond donors (Lipinski definition) is 1. The molecule has 2 saturated heterocycles. The predicted octanol–water partition coefficient (Wildman–Crippen LogP) is 2.11. The normalized spacial score (nSPS) is 21.4. The van der Waals surface area contributed by atoms with Crippen molar-refractivity contribution < 1.29 is 14.3 Å². The van der Waals surface area contributed by atoms with E-state index in [9.17, 15) is 4.79 Å². The largest absolute Gasteiger partial charge is 0.346 e. The van der Waals surface area contributed by atoms with Crippen molar-refractivity contribution >= 4 is 17.4 Å². The van der Waals surface area contributed by atoms with E-state index in [-0.39, 0.29) is 6.03 Å². The van der Waals surface area contributed by atoms with Crippen LogP contribution in [-0.2, 0) is 16.0 Å². The van der Waals surface area contributed by atoms with Gasteiger partial charge in [0.1, 0.15) is 0 Å². The first kappa shape index (κ1) is 13.9. The van der Waals surface area contributed by atoms with Crippen LogP contribution in [0.2, 0.25) is 0 Å². The molecule has 2 aliphatic heterocycles. The smallest absolute Gasteiger partial charge is 0.317 e. The lowest BCUT2D eigenvalue weighted by atomic mass is 10.1. The Kier molecular flexibility index (Phi) is 3.96. The number of carbonyl (C=O) groups is 1. The highest BCUT2D eigenvalue weighted by Gasteiger charge is 2.42. The first-order chi connectivity index (χ1) is 9.69. The molecule has 1 spiro atoms. The molecule has 1 aromatic heterocycles. The molecule has 20 heavy (non-hydrogen) atoms. The van der Waals surface area contributed by atoms with Crippen molar-refractivity contribution in [2.45, 2.75) is 32.1 Å². The van der Waals surface area contributed by atoms with Crippen LogP contribution in [0.25, 0.3) is 0 Å². The minimum Gasteiger partial charge on any atom is -0.346 e. The van der Waals surface area contributed by atoms with Gasteiger partial charge < -0.3 is 19.7 Å². The highest BCUT2D eigenvalue weighted by atomic mass is 32.1. The van der Waals surface area contributed by atoms with Gasteiger partial charge in [-0.05, 0) is 30.4 Å². The number of nitrogens with one attached hydrogen (secondary N) is 1. The van der Waals surface area contributed by atoms with Crippen LogP contribution >= 0.6 is 11.3 Å². The molecule has 2 amide bonds. The van der Waals surface area contributed by atoms with E-state index >= 15 is 0 Å². The van der Waals surface area contributed by atoms with Gasteiger partial charge >= 0.3 is 6.03 Å². The van der Waals surface area contributed by atoms with Crippen LogP contribution in [-0.4, -0.2) is 43.0 Å². The second-order valence-corrected chi connectivity index (χ2v) is 6.32. The van der Waals surface area contributed by atoms with Crippen LogP contribution in [0.3, 0.4) is 0 Å². The number of nitrogens with zero attached hydrogens (tertiary/aromatic N) is 1. The van der Waals surface area contributed by atoms with Gasteiger partial charge in [0.25, 0.3) is 0 Å². The molecule has 0 saturated carbocycles. The minimum absolute atomic E-state index is 0.0315. The highest BCUT2D eigenvalue weighted by molar-refractivity contribution is 7.10. The van der Waals surface area contributed by atoms with Crippen molar-refractivity contribution in [1.82, 2.24) is 10.2 Å². The average Bonchev–Trinajstić information content (AvgIpc) is 3.06. The maximum absolute atomic E-state index is 12.3. The summed E-state index contributed by atoms with van der Waals surface area (Å²) in [5.74, 6) is -0.547. The number of aryl methyl sites for hydroxylation is 1. The minimum atomic E-state index is -0.547. The summed E-state index contributed by atoms with van der Waals surface area (Å²) in [6.07, 6.45) is 1.80. The Labute approximate surface area is 122 Å². The molecule has 3 heterocycles. The van der Waals surface area contributed by atoms with Crippen molar-refractivity contribution in [2.75, 3.05) is 26.3 Å². The molecule has 0 aliphatic carbocycles. The molecule has 0 bridgehead atoms. The van der Waals surface area contributed by atoms with Gasteiger partial charge in [-0.15, -0.1) is 11.3 Å². The van der Waals surface area contributed by atoms with E-state index in [1.807, 2.05) is 5.38 Å². The first-order valence-electron chi connectivity index (χ1n) is 7.02. The lowest BCUT2D eigenvalue weighted by molar-refractivity contribution is -0.182. The van der Waals surface area contributed by atoms with Crippen LogP contribution in [0.5, 0.6) is 0 Å². The summed E-state index contributed by atoms with van der Waals surface area (Å²) >= 11 is 1.67. The average molecular weight is 296 g/mol. The topological polar surface area (TPSA) is 50.8 Å². The second-order valence-electron chi connectivity index (χ2n) is 5.32. The van der Waals surface area contributed by atoms with Crippen LogP contribution in [0.4, 0.5) is 4.79 Å². The quantitative estimate of drug-likeness (QED) is 0.909. The maximum atomic E-state index is 12.3. The predicted molar refractivity (Wildman–Crippen MR) is 76.7 cm³/mol. The van der Waals surface area contributed by atoms with E-state index < -0.39 is 5.79 Å². The number of hydrogen-bond acceptors (Lipinski definition) is 4. The number of urea groups is 1. The molecule has 0 aromatic carbocycles. The summed E-state index contributed by atoms with van der Waals surface area (Å²) in [6, 6.07) is 2.04. The van der Waals surface area contributed by atoms with Crippen LogP contribution in [0.1, 0.15) is 23.3 Å². The third-order valence-electron chi connectivity index (χ3n) is 3.89. The van der Waals surface area contributed by atoms with E-state index in [0.29, 0.717) is 26.3 Å². The summed E-state index contributed by atoms with van der Waals surface area (Å²) in [7, 11) is 0. The molecular weight excluding hydrogens is 276 g/mol. The Hall–Kier alpha value is -1.11. The van der Waals surface area contributed by atoms with Gasteiger partial charge in [-0.2, -0.15) is 0 Å². The van der Waals surface area contributed by atoms with Crippen LogP contribution < -0.4 is 5.32 Å². The van der Waals surface area contributed by atoms with Gasteiger partial charge in [0.05, 0.1) is 26.3 Å². The zero-order chi connectivity index (χ0) is 14.0. The van der Waals surface area contributed by atoms with Crippen molar-refractivity contribution in [3.63, 3.8) is 0 Å². The second kappa shape index (κ2) is 5.71. The fourth-order valence-electron chi connectivity index (χ4n) is 2.75. The number of thiophene rings is 1. The molecule has 2 fully saturated rings. The van der Waals surface area contributed by atoms with Gasteiger partial charge in [-0.1, -0.05) is 0 Å². The standard InChI is InChI=1S/C14H20N2O3S/c1-11-3-8-20-12(11)9-15-13(17)16-5-2-4-14(10-16)18-6-7-19-14/h3,8H,2,4-7,9-10H2,1H3,(H,15,17). The summed E-state index contributed by atoms with van der Waals surface area (Å²) < 4.78 is 11.4. The Morgan fingerprint density at radius 2 is 2.30 bits per heavy atom. The van der Waals surface area contributed by atoms with Gasteiger partial charge in [0, 0.05) is 17.8 Å². The van der Waals surface area contributed by atoms with E-state index in [2.05, 4.69) is 18.3 Å². The Morgan fingerprint density at radius 1 is 1.50 bits per heavy atom. The molecule has 5 nitrogen and oxygen atoms in total. The molecule has 6 heteroatoms. The van der Waals surface area contributed by atoms with E-state index in [4.69, 9.17) is 9.47 Å². The van der Waals surface area contributed by atoms with E-state index in [1.165, 1.54) is 10.4 Å². The number of amides is 2. The monoisotopic (exact) mass is 296 g/mol. The SMILES string of the molecule is Cc1ccsc1CNC(=O)N1CCCC2(C1)OCCO2. The van der Waals surface area contributed by atoms with Crippen LogP contribution in [0, 0.1) is 6.92 Å². The number of likely N-dealkylation sites (tertiary alicyclic amines) is 1. The van der Waals surface area contributed by atoms with Gasteiger partial charge in [0.15, 0.2) is 5.79 Å². The lowest BCUT2D eigenvalue weighted by Crippen LogP contribution is -2.53. The zero-order valence-electron chi connectivity index (χ0n) is 11.7. The highest BCUT2D eigenvalue weighted by Crippen LogP contribution is 2.30. The number of ether oxygens (including phenoxy) is 2. The summed E-state index contributed by atoms with van der Waals surface area (Å²) in [5.41, 5.74) is 1.23. The summed E-state index contributed by atoms with van der Waals surface area (Å²) in [4.78, 5) is 15.3. The number of carbonyl (C=O) groups excluding carboxylic acids is 1. The molecule has 3 rings (SSSR count). The Morgan fingerprint density at radius 3 is 3.00 bits per heavy atom. The van der Waals surface area contributed by atoms with Gasteiger partial charge in [0.2, 0.25) is 0 Å². The van der Waals surface area contributed by atoms with Crippen molar-refractivity contribution in [2.24, 2.45) is 0 Å². The molecule has 0 atom stereocenters. The molecule has 2 aliphatic rings. The van der Waals surface area contributed by atoms with Crippen LogP contribution in [0.15, 0.2) is 11.4 Å². The fraction of sp³-hybridized carbons (Fsp3) is 0.643. The summed E-state index contributed by atoms with van der Waals surface area (Å²) in [6.45, 7) is 5.21. The van der Waals surface area contributed by atoms with Crippen molar-refractivity contribution in [3.8, 4) is 0 Å². The van der Waals surface area contributed by atoms with Crippen molar-refractivity contribution in [3.05, 3.63) is 21.9 Å². The molecule has 1 N–H and O–H groups in total. The molecular formula is C14H20N2O3S.